The average molecular weight is 425 g/mol. The number of benzene rings is 1. The molecule has 1 aromatic heterocycles. The molecule has 1 aliphatic carbocycles. The molecule has 1 aliphatic rings. The van der Waals surface area contributed by atoms with E-state index >= 15 is 0 Å². The van der Waals surface area contributed by atoms with E-state index in [9.17, 15) is 9.59 Å². The van der Waals surface area contributed by atoms with Crippen LogP contribution in [0.1, 0.15) is 38.7 Å². The van der Waals surface area contributed by atoms with Gasteiger partial charge in [-0.25, -0.2) is 0 Å². The van der Waals surface area contributed by atoms with Crippen LogP contribution >= 0.6 is 34.7 Å². The Balaban J connectivity index is 1.65. The molecule has 2 amide bonds. The Morgan fingerprint density at radius 3 is 2.81 bits per heavy atom. The summed E-state index contributed by atoms with van der Waals surface area (Å²) < 4.78 is 0.671. The number of nitrogens with zero attached hydrogens (tertiary/aromatic N) is 3. The SMILES string of the molecule is CCC(=O)N(c1nnc(SC(C)C(=O)Nc2cc(Cl)ccc2C)s1)C1CC1. The Kier molecular flexibility index (Phi) is 6.39. The maximum atomic E-state index is 12.5. The lowest BCUT2D eigenvalue weighted by atomic mass is 10.2. The zero-order chi connectivity index (χ0) is 19.6. The van der Waals surface area contributed by atoms with E-state index in [0.29, 0.717) is 26.6 Å². The number of aryl methyl sites for hydroxylation is 1. The molecular weight excluding hydrogens is 404 g/mol. The number of carbonyl (C=O) groups excluding carboxylic acids is 2. The molecule has 9 heteroatoms. The second-order valence-corrected chi connectivity index (χ2v) is 9.39. The van der Waals surface area contributed by atoms with Gasteiger partial charge in [-0.2, -0.15) is 0 Å². The van der Waals surface area contributed by atoms with Crippen molar-refractivity contribution < 1.29 is 9.59 Å². The molecule has 0 bridgehead atoms. The number of aromatic nitrogens is 2. The molecule has 0 radical (unpaired) electrons. The van der Waals surface area contributed by atoms with Gasteiger partial charge in [-0.15, -0.1) is 10.2 Å². The minimum atomic E-state index is -0.361. The van der Waals surface area contributed by atoms with E-state index in [0.717, 1.165) is 18.4 Å². The fourth-order valence-corrected chi connectivity index (χ4v) is 4.73. The van der Waals surface area contributed by atoms with Crippen LogP contribution in [0.15, 0.2) is 22.5 Å². The van der Waals surface area contributed by atoms with E-state index in [1.165, 1.54) is 23.1 Å². The van der Waals surface area contributed by atoms with Gasteiger partial charge in [-0.05, 0) is 44.4 Å². The number of nitrogens with one attached hydrogen (secondary N) is 1. The van der Waals surface area contributed by atoms with Gasteiger partial charge in [0.2, 0.25) is 16.9 Å². The molecule has 1 aromatic carbocycles. The molecule has 0 saturated heterocycles. The summed E-state index contributed by atoms with van der Waals surface area (Å²) in [4.78, 5) is 26.4. The lowest BCUT2D eigenvalue weighted by Gasteiger charge is -2.17. The number of amides is 2. The minimum Gasteiger partial charge on any atom is -0.325 e. The van der Waals surface area contributed by atoms with Crippen LogP contribution in [0, 0.1) is 6.92 Å². The van der Waals surface area contributed by atoms with E-state index in [2.05, 4.69) is 15.5 Å². The first-order valence-electron chi connectivity index (χ1n) is 8.78. The summed E-state index contributed by atoms with van der Waals surface area (Å²) in [6.45, 7) is 5.58. The van der Waals surface area contributed by atoms with Crippen LogP contribution in [0.3, 0.4) is 0 Å². The zero-order valence-electron chi connectivity index (χ0n) is 15.4. The molecule has 1 unspecified atom stereocenters. The molecular formula is C18H21ClN4O2S2. The number of hydrogen-bond acceptors (Lipinski definition) is 6. The molecule has 6 nitrogen and oxygen atoms in total. The van der Waals surface area contributed by atoms with Gasteiger partial charge in [0.05, 0.1) is 5.25 Å². The van der Waals surface area contributed by atoms with Crippen molar-refractivity contribution in [3.05, 3.63) is 28.8 Å². The van der Waals surface area contributed by atoms with Crippen molar-refractivity contribution in [1.29, 1.82) is 0 Å². The quantitative estimate of drug-likeness (QED) is 0.522. The first kappa shape index (κ1) is 20.1. The van der Waals surface area contributed by atoms with Crippen LogP contribution < -0.4 is 10.2 Å². The molecule has 1 fully saturated rings. The molecule has 144 valence electrons. The fraction of sp³-hybridized carbons (Fsp3) is 0.444. The second kappa shape index (κ2) is 8.58. The maximum absolute atomic E-state index is 12.5. The highest BCUT2D eigenvalue weighted by molar-refractivity contribution is 8.02. The lowest BCUT2D eigenvalue weighted by molar-refractivity contribution is -0.118. The Hall–Kier alpha value is -1.64. The molecule has 1 heterocycles. The molecule has 1 N–H and O–H groups in total. The predicted molar refractivity (Wildman–Crippen MR) is 111 cm³/mol. The van der Waals surface area contributed by atoms with Gasteiger partial charge in [0.1, 0.15) is 0 Å². The number of anilines is 2. The first-order valence-corrected chi connectivity index (χ1v) is 10.9. The highest BCUT2D eigenvalue weighted by Gasteiger charge is 2.35. The molecule has 1 saturated carbocycles. The topological polar surface area (TPSA) is 75.2 Å². The number of rotatable bonds is 7. The van der Waals surface area contributed by atoms with E-state index in [4.69, 9.17) is 11.6 Å². The molecule has 27 heavy (non-hydrogen) atoms. The number of halogens is 1. The van der Waals surface area contributed by atoms with Crippen LogP contribution in [-0.2, 0) is 9.59 Å². The van der Waals surface area contributed by atoms with E-state index in [1.807, 2.05) is 26.8 Å². The molecule has 2 aromatic rings. The van der Waals surface area contributed by atoms with Crippen LogP contribution in [0.25, 0.3) is 0 Å². The summed E-state index contributed by atoms with van der Waals surface area (Å²) in [5, 5.41) is 12.1. The lowest BCUT2D eigenvalue weighted by Crippen LogP contribution is -2.32. The second-order valence-electron chi connectivity index (χ2n) is 6.41. The van der Waals surface area contributed by atoms with E-state index in [1.54, 1.807) is 17.0 Å². The highest BCUT2D eigenvalue weighted by Crippen LogP contribution is 2.37. The monoisotopic (exact) mass is 424 g/mol. The third-order valence-electron chi connectivity index (χ3n) is 4.19. The molecule has 0 spiro atoms. The predicted octanol–water partition coefficient (Wildman–Crippen LogP) is 4.52. The van der Waals surface area contributed by atoms with Crippen molar-refractivity contribution in [2.45, 2.75) is 55.7 Å². The molecule has 3 rings (SSSR count). The maximum Gasteiger partial charge on any atom is 0.237 e. The Morgan fingerprint density at radius 2 is 2.15 bits per heavy atom. The van der Waals surface area contributed by atoms with Crippen molar-refractivity contribution in [3.63, 3.8) is 0 Å². The van der Waals surface area contributed by atoms with Gasteiger partial charge in [0.25, 0.3) is 0 Å². The van der Waals surface area contributed by atoms with Crippen molar-refractivity contribution in [2.24, 2.45) is 0 Å². The summed E-state index contributed by atoms with van der Waals surface area (Å²) in [6, 6.07) is 5.63. The van der Waals surface area contributed by atoms with Gasteiger partial charge >= 0.3 is 0 Å². The molecule has 1 atom stereocenters. The fourth-order valence-electron chi connectivity index (χ4n) is 2.49. The third kappa shape index (κ3) is 5.00. The smallest absolute Gasteiger partial charge is 0.237 e. The van der Waals surface area contributed by atoms with Gasteiger partial charge < -0.3 is 5.32 Å². The third-order valence-corrected chi connectivity index (χ3v) is 6.53. The Labute approximate surface area is 171 Å². The van der Waals surface area contributed by atoms with Crippen LogP contribution in [0.5, 0.6) is 0 Å². The summed E-state index contributed by atoms with van der Waals surface area (Å²) >= 11 is 8.69. The zero-order valence-corrected chi connectivity index (χ0v) is 17.7. The van der Waals surface area contributed by atoms with Crippen LogP contribution in [0.4, 0.5) is 10.8 Å². The van der Waals surface area contributed by atoms with Crippen LogP contribution in [-0.4, -0.2) is 33.3 Å². The van der Waals surface area contributed by atoms with Gasteiger partial charge in [-0.1, -0.05) is 47.7 Å². The summed E-state index contributed by atoms with van der Waals surface area (Å²) in [5.41, 5.74) is 1.65. The van der Waals surface area contributed by atoms with Gasteiger partial charge in [-0.3, -0.25) is 14.5 Å². The van der Waals surface area contributed by atoms with Crippen molar-refractivity contribution in [3.8, 4) is 0 Å². The first-order chi connectivity index (χ1) is 12.9. The van der Waals surface area contributed by atoms with Crippen molar-refractivity contribution in [1.82, 2.24) is 10.2 Å². The Bertz CT molecular complexity index is 854. The Morgan fingerprint density at radius 1 is 1.41 bits per heavy atom. The summed E-state index contributed by atoms with van der Waals surface area (Å²) in [6.07, 6.45) is 2.45. The van der Waals surface area contributed by atoms with Gasteiger partial charge in [0, 0.05) is 23.2 Å². The summed E-state index contributed by atoms with van der Waals surface area (Å²) in [7, 11) is 0. The highest BCUT2D eigenvalue weighted by atomic mass is 35.5. The number of carbonyl (C=O) groups is 2. The minimum absolute atomic E-state index is 0.0624. The largest absolute Gasteiger partial charge is 0.325 e. The van der Waals surface area contributed by atoms with Crippen LogP contribution in [0.2, 0.25) is 5.02 Å². The standard InChI is InChI=1S/C18H21ClN4O2S2/c1-4-15(24)23(13-7-8-13)17-21-22-18(27-17)26-11(3)16(25)20-14-9-12(19)6-5-10(14)2/h5-6,9,11,13H,4,7-8H2,1-3H3,(H,20,25). The van der Waals surface area contributed by atoms with E-state index in [-0.39, 0.29) is 23.1 Å². The van der Waals surface area contributed by atoms with Crippen molar-refractivity contribution in [2.75, 3.05) is 10.2 Å². The van der Waals surface area contributed by atoms with Gasteiger partial charge in [0.15, 0.2) is 4.34 Å². The van der Waals surface area contributed by atoms with E-state index < -0.39 is 0 Å². The van der Waals surface area contributed by atoms with Crippen molar-refractivity contribution >= 4 is 57.3 Å². The summed E-state index contributed by atoms with van der Waals surface area (Å²) in [5.74, 6) is -0.0711. The normalized spacial score (nSPS) is 14.7. The average Bonchev–Trinajstić information content (AvgIpc) is 3.37. The number of thioether (sulfide) groups is 1. The molecule has 0 aliphatic heterocycles. The number of hydrogen-bond donors (Lipinski definition) is 1.